The summed E-state index contributed by atoms with van der Waals surface area (Å²) in [5.74, 6) is 0. The summed E-state index contributed by atoms with van der Waals surface area (Å²) in [7, 11) is 1.84. The number of hydrogen-bond acceptors (Lipinski definition) is 4. The summed E-state index contributed by atoms with van der Waals surface area (Å²) in [6.45, 7) is 6.73. The zero-order valence-electron chi connectivity index (χ0n) is 11.8. The van der Waals surface area contributed by atoms with E-state index in [9.17, 15) is 0 Å². The zero-order valence-corrected chi connectivity index (χ0v) is 12.6. The van der Waals surface area contributed by atoms with E-state index in [1.54, 1.807) is 10.4 Å². The lowest BCUT2D eigenvalue weighted by molar-refractivity contribution is 0.0190. The van der Waals surface area contributed by atoms with Crippen molar-refractivity contribution in [2.75, 3.05) is 39.9 Å². The van der Waals surface area contributed by atoms with E-state index < -0.39 is 0 Å². The van der Waals surface area contributed by atoms with Crippen molar-refractivity contribution in [3.05, 3.63) is 21.9 Å². The monoisotopic (exact) mass is 280 g/mol. The van der Waals surface area contributed by atoms with E-state index >= 15 is 0 Å². The van der Waals surface area contributed by atoms with Crippen LogP contribution in [0.3, 0.4) is 0 Å². The van der Waals surface area contributed by atoms with E-state index in [0.717, 1.165) is 26.2 Å². The molecule has 106 valence electrons. The van der Waals surface area contributed by atoms with E-state index in [1.165, 1.54) is 32.4 Å². The minimum absolute atomic E-state index is 0.369. The Morgan fingerprint density at radius 3 is 3.05 bits per heavy atom. The number of thiophene rings is 1. The molecule has 0 radical (unpaired) electrons. The highest BCUT2D eigenvalue weighted by atomic mass is 32.1. The first-order valence-electron chi connectivity index (χ1n) is 7.29. The third-order valence-electron chi connectivity index (χ3n) is 4.56. The van der Waals surface area contributed by atoms with Crippen LogP contribution in [0.25, 0.3) is 0 Å². The normalized spacial score (nSPS) is 23.2. The maximum atomic E-state index is 5.53. The van der Waals surface area contributed by atoms with Crippen LogP contribution in [-0.2, 0) is 17.7 Å². The molecule has 3 nitrogen and oxygen atoms in total. The Hall–Kier alpha value is -0.420. The fourth-order valence-electron chi connectivity index (χ4n) is 3.53. The van der Waals surface area contributed by atoms with Crippen molar-refractivity contribution in [2.45, 2.75) is 25.8 Å². The third-order valence-corrected chi connectivity index (χ3v) is 5.58. The van der Waals surface area contributed by atoms with E-state index in [2.05, 4.69) is 21.7 Å². The second kappa shape index (κ2) is 5.92. The quantitative estimate of drug-likeness (QED) is 0.914. The summed E-state index contributed by atoms with van der Waals surface area (Å²) in [6.07, 6.45) is 3.72. The number of hydrogen-bond donors (Lipinski definition) is 1. The van der Waals surface area contributed by atoms with Gasteiger partial charge in [-0.05, 0) is 49.4 Å². The SMILES string of the molecule is COCC1(CN2CCc3sccc3C2)CCNCC1. The van der Waals surface area contributed by atoms with Gasteiger partial charge in [0.15, 0.2) is 0 Å². The summed E-state index contributed by atoms with van der Waals surface area (Å²) in [5.41, 5.74) is 1.92. The molecule has 2 aliphatic rings. The molecule has 2 aliphatic heterocycles. The highest BCUT2D eigenvalue weighted by Gasteiger charge is 2.34. The van der Waals surface area contributed by atoms with Gasteiger partial charge in [-0.1, -0.05) is 0 Å². The molecule has 0 atom stereocenters. The molecule has 4 heteroatoms. The molecule has 0 saturated carbocycles. The van der Waals surface area contributed by atoms with Crippen LogP contribution < -0.4 is 5.32 Å². The number of ether oxygens (including phenoxy) is 1. The lowest BCUT2D eigenvalue weighted by Gasteiger charge is -2.42. The number of nitrogens with zero attached hydrogens (tertiary/aromatic N) is 1. The molecule has 0 unspecified atom stereocenters. The first kappa shape index (κ1) is 13.6. The Bertz CT molecular complexity index is 407. The van der Waals surface area contributed by atoms with Crippen molar-refractivity contribution >= 4 is 11.3 Å². The molecular formula is C15H24N2OS. The van der Waals surface area contributed by atoms with Gasteiger partial charge < -0.3 is 10.1 Å². The number of fused-ring (bicyclic) bond motifs is 1. The highest BCUT2D eigenvalue weighted by Crippen LogP contribution is 2.33. The Morgan fingerprint density at radius 1 is 1.42 bits per heavy atom. The lowest BCUT2D eigenvalue weighted by Crippen LogP contribution is -2.48. The van der Waals surface area contributed by atoms with Crippen LogP contribution in [0, 0.1) is 5.41 Å². The van der Waals surface area contributed by atoms with E-state index in [1.807, 2.05) is 18.4 Å². The van der Waals surface area contributed by atoms with Crippen LogP contribution in [0.4, 0.5) is 0 Å². The van der Waals surface area contributed by atoms with Crippen molar-refractivity contribution < 1.29 is 4.74 Å². The summed E-state index contributed by atoms with van der Waals surface area (Å²) in [6, 6.07) is 2.30. The molecular weight excluding hydrogens is 256 g/mol. The van der Waals surface area contributed by atoms with Crippen molar-refractivity contribution in [3.63, 3.8) is 0 Å². The Morgan fingerprint density at radius 2 is 2.26 bits per heavy atom. The van der Waals surface area contributed by atoms with Gasteiger partial charge in [0.05, 0.1) is 6.61 Å². The van der Waals surface area contributed by atoms with Gasteiger partial charge in [-0.25, -0.2) is 0 Å². The van der Waals surface area contributed by atoms with Gasteiger partial charge in [0, 0.05) is 37.0 Å². The van der Waals surface area contributed by atoms with Gasteiger partial charge in [0.25, 0.3) is 0 Å². The van der Waals surface area contributed by atoms with E-state index in [4.69, 9.17) is 4.74 Å². The minimum atomic E-state index is 0.369. The maximum absolute atomic E-state index is 5.53. The number of rotatable bonds is 4. The average Bonchev–Trinajstić information content (AvgIpc) is 2.87. The van der Waals surface area contributed by atoms with Crippen LogP contribution in [0.5, 0.6) is 0 Å². The second-order valence-electron chi connectivity index (χ2n) is 6.01. The Labute approximate surface area is 119 Å². The van der Waals surface area contributed by atoms with Crippen LogP contribution in [-0.4, -0.2) is 44.8 Å². The fourth-order valence-corrected chi connectivity index (χ4v) is 4.42. The van der Waals surface area contributed by atoms with Gasteiger partial charge in [0.1, 0.15) is 0 Å². The second-order valence-corrected chi connectivity index (χ2v) is 7.01. The highest BCUT2D eigenvalue weighted by molar-refractivity contribution is 7.10. The van der Waals surface area contributed by atoms with E-state index in [0.29, 0.717) is 5.41 Å². The molecule has 0 aromatic carbocycles. The first-order valence-corrected chi connectivity index (χ1v) is 8.17. The first-order chi connectivity index (χ1) is 9.31. The summed E-state index contributed by atoms with van der Waals surface area (Å²) in [4.78, 5) is 4.24. The van der Waals surface area contributed by atoms with Crippen molar-refractivity contribution in [1.82, 2.24) is 10.2 Å². The number of methoxy groups -OCH3 is 1. The van der Waals surface area contributed by atoms with Crippen LogP contribution in [0.2, 0.25) is 0 Å². The molecule has 3 rings (SSSR count). The zero-order chi connectivity index (χ0) is 13.1. The maximum Gasteiger partial charge on any atom is 0.0531 e. The summed E-state index contributed by atoms with van der Waals surface area (Å²) < 4.78 is 5.53. The average molecular weight is 280 g/mol. The largest absolute Gasteiger partial charge is 0.384 e. The molecule has 0 bridgehead atoms. The topological polar surface area (TPSA) is 24.5 Å². The molecule has 1 fully saturated rings. The smallest absolute Gasteiger partial charge is 0.0531 e. The lowest BCUT2D eigenvalue weighted by atomic mass is 9.79. The molecule has 0 aliphatic carbocycles. The molecule has 1 aromatic rings. The molecule has 1 saturated heterocycles. The Kier molecular flexibility index (Phi) is 4.22. The molecule has 0 spiro atoms. The van der Waals surface area contributed by atoms with Gasteiger partial charge in [-0.15, -0.1) is 11.3 Å². The van der Waals surface area contributed by atoms with Gasteiger partial charge in [-0.3, -0.25) is 4.90 Å². The van der Waals surface area contributed by atoms with Crippen molar-refractivity contribution in [2.24, 2.45) is 5.41 Å². The molecule has 1 aromatic heterocycles. The fraction of sp³-hybridized carbons (Fsp3) is 0.733. The minimum Gasteiger partial charge on any atom is -0.384 e. The van der Waals surface area contributed by atoms with Crippen LogP contribution >= 0.6 is 11.3 Å². The molecule has 19 heavy (non-hydrogen) atoms. The third kappa shape index (κ3) is 3.02. The predicted octanol–water partition coefficient (Wildman–Crippen LogP) is 2.12. The molecule has 0 amide bonds. The number of piperidine rings is 1. The predicted molar refractivity (Wildman–Crippen MR) is 79.7 cm³/mol. The van der Waals surface area contributed by atoms with Gasteiger partial charge in [-0.2, -0.15) is 0 Å². The summed E-state index contributed by atoms with van der Waals surface area (Å²) in [5, 5.41) is 5.71. The Balaban J connectivity index is 1.66. The molecule has 1 N–H and O–H groups in total. The van der Waals surface area contributed by atoms with Crippen molar-refractivity contribution in [3.8, 4) is 0 Å². The standard InChI is InChI=1S/C15H24N2OS/c1-18-12-15(4-6-16-7-5-15)11-17-8-2-14-13(10-17)3-9-19-14/h3,9,16H,2,4-8,10-12H2,1H3. The van der Waals surface area contributed by atoms with E-state index in [-0.39, 0.29) is 0 Å². The van der Waals surface area contributed by atoms with Crippen LogP contribution in [0.1, 0.15) is 23.3 Å². The number of nitrogens with one attached hydrogen (secondary N) is 1. The van der Waals surface area contributed by atoms with Gasteiger partial charge >= 0.3 is 0 Å². The van der Waals surface area contributed by atoms with Gasteiger partial charge in [0.2, 0.25) is 0 Å². The summed E-state index contributed by atoms with van der Waals surface area (Å²) >= 11 is 1.92. The van der Waals surface area contributed by atoms with Crippen molar-refractivity contribution in [1.29, 1.82) is 0 Å². The van der Waals surface area contributed by atoms with Crippen LogP contribution in [0.15, 0.2) is 11.4 Å². The molecule has 3 heterocycles.